The van der Waals surface area contributed by atoms with Crippen molar-refractivity contribution < 1.29 is 19.1 Å². The smallest absolute Gasteiger partial charge is 0.308 e. The van der Waals surface area contributed by atoms with Crippen LogP contribution in [0.4, 0.5) is 0 Å². The molecule has 2 aromatic carbocycles. The molecule has 0 aliphatic carbocycles. The highest BCUT2D eigenvalue weighted by molar-refractivity contribution is 6.51. The summed E-state index contributed by atoms with van der Waals surface area (Å²) in [6, 6.07) is 13.9. The molecule has 0 aliphatic rings. The monoisotopic (exact) mass is 330 g/mol. The van der Waals surface area contributed by atoms with Gasteiger partial charge < -0.3 is 9.47 Å². The summed E-state index contributed by atoms with van der Waals surface area (Å²) in [6.07, 6.45) is 1.79. The number of hydrogen-bond donors (Lipinski definition) is 0. The molecule has 0 amide bonds. The normalized spacial score (nSPS) is 11.0. The summed E-state index contributed by atoms with van der Waals surface area (Å²) in [5.41, 5.74) is 1.67. The number of ether oxygens (including phenoxy) is 2. The van der Waals surface area contributed by atoms with E-state index in [2.05, 4.69) is 0 Å². The first-order valence-electron chi connectivity index (χ1n) is 6.88. The summed E-state index contributed by atoms with van der Waals surface area (Å²) < 4.78 is 9.94. The highest BCUT2D eigenvalue weighted by Crippen LogP contribution is 2.25. The second-order valence-corrected chi connectivity index (χ2v) is 5.18. The Balaban J connectivity index is 2.12. The summed E-state index contributed by atoms with van der Waals surface area (Å²) in [4.78, 5) is 21.7. The van der Waals surface area contributed by atoms with Gasteiger partial charge in [-0.25, -0.2) is 0 Å². The Labute approximate surface area is 139 Å². The third-order valence-electron chi connectivity index (χ3n) is 2.83. The van der Waals surface area contributed by atoms with Gasteiger partial charge in [0.05, 0.1) is 0 Å². The number of esters is 2. The van der Waals surface area contributed by atoms with Gasteiger partial charge >= 0.3 is 11.9 Å². The molecule has 0 saturated carbocycles. The molecule has 0 spiro atoms. The average Bonchev–Trinajstić information content (AvgIpc) is 2.49. The fourth-order valence-electron chi connectivity index (χ4n) is 1.88. The van der Waals surface area contributed by atoms with Gasteiger partial charge in [-0.1, -0.05) is 23.7 Å². The first kappa shape index (κ1) is 16.8. The molecule has 0 aliphatic heterocycles. The van der Waals surface area contributed by atoms with E-state index in [1.807, 2.05) is 0 Å². The Morgan fingerprint density at radius 3 is 1.70 bits per heavy atom. The van der Waals surface area contributed by atoms with Crippen LogP contribution in [-0.2, 0) is 9.59 Å². The van der Waals surface area contributed by atoms with E-state index < -0.39 is 0 Å². The van der Waals surface area contributed by atoms with E-state index in [9.17, 15) is 9.59 Å². The minimum absolute atomic E-state index is 0.362. The van der Waals surface area contributed by atoms with Crippen LogP contribution in [0.15, 0.2) is 48.5 Å². The van der Waals surface area contributed by atoms with E-state index in [0.717, 1.165) is 11.1 Å². The first-order chi connectivity index (χ1) is 10.9. The highest BCUT2D eigenvalue weighted by atomic mass is 35.5. The predicted octanol–water partition coefficient (Wildman–Crippen LogP) is 4.27. The van der Waals surface area contributed by atoms with E-state index in [-0.39, 0.29) is 11.9 Å². The fraction of sp³-hybridized carbons (Fsp3) is 0.111. The van der Waals surface area contributed by atoms with Crippen molar-refractivity contribution in [1.82, 2.24) is 0 Å². The molecule has 0 heterocycles. The lowest BCUT2D eigenvalue weighted by molar-refractivity contribution is -0.132. The molecule has 5 heteroatoms. The molecule has 23 heavy (non-hydrogen) atoms. The molecule has 0 atom stereocenters. The van der Waals surface area contributed by atoms with Gasteiger partial charge in [0.1, 0.15) is 11.5 Å². The second-order valence-electron chi connectivity index (χ2n) is 4.77. The van der Waals surface area contributed by atoms with Crippen LogP contribution in [0.25, 0.3) is 11.1 Å². The van der Waals surface area contributed by atoms with E-state index in [0.29, 0.717) is 16.5 Å². The van der Waals surface area contributed by atoms with Crippen LogP contribution in [-0.4, -0.2) is 11.9 Å². The number of benzene rings is 2. The number of carbonyl (C=O) groups is 2. The van der Waals surface area contributed by atoms with E-state index in [1.165, 1.54) is 13.8 Å². The maximum atomic E-state index is 10.9. The maximum Gasteiger partial charge on any atom is 0.308 e. The zero-order valence-corrected chi connectivity index (χ0v) is 13.5. The van der Waals surface area contributed by atoms with E-state index in [4.69, 9.17) is 21.1 Å². The summed E-state index contributed by atoms with van der Waals surface area (Å²) in [5.74, 6) is 0.222. The van der Waals surface area contributed by atoms with Gasteiger partial charge in [-0.3, -0.25) is 9.59 Å². The van der Waals surface area contributed by atoms with Crippen LogP contribution in [0.5, 0.6) is 11.5 Å². The highest BCUT2D eigenvalue weighted by Gasteiger charge is 2.02. The standard InChI is InChI=1S/C18H15ClO4/c1-12(20)22-16-7-3-14(4-8-16)11-18(19)15-5-9-17(10-6-15)23-13(2)21/h3-11H,1-2H3. The van der Waals surface area contributed by atoms with Gasteiger partial charge in [-0.15, -0.1) is 0 Å². The topological polar surface area (TPSA) is 52.6 Å². The molecule has 2 aromatic rings. The van der Waals surface area contributed by atoms with Gasteiger partial charge in [0, 0.05) is 18.9 Å². The van der Waals surface area contributed by atoms with Gasteiger partial charge in [0.25, 0.3) is 0 Å². The number of hydrogen-bond acceptors (Lipinski definition) is 4. The van der Waals surface area contributed by atoms with Crippen LogP contribution >= 0.6 is 11.6 Å². The lowest BCUT2D eigenvalue weighted by Gasteiger charge is -2.04. The largest absolute Gasteiger partial charge is 0.427 e. The Hall–Kier alpha value is -2.59. The van der Waals surface area contributed by atoms with Crippen LogP contribution in [0.3, 0.4) is 0 Å². The van der Waals surface area contributed by atoms with Crippen molar-refractivity contribution >= 4 is 34.6 Å². The molecule has 0 radical (unpaired) electrons. The molecule has 4 nitrogen and oxygen atoms in total. The van der Waals surface area contributed by atoms with Gasteiger partial charge in [0.2, 0.25) is 0 Å². The lowest BCUT2D eigenvalue weighted by Crippen LogP contribution is -2.01. The lowest BCUT2D eigenvalue weighted by atomic mass is 10.1. The molecule has 118 valence electrons. The Bertz CT molecular complexity index is 731. The average molecular weight is 331 g/mol. The number of carbonyl (C=O) groups excluding carboxylic acids is 2. The summed E-state index contributed by atoms with van der Waals surface area (Å²) in [7, 11) is 0. The van der Waals surface area contributed by atoms with Crippen molar-refractivity contribution in [2.75, 3.05) is 0 Å². The molecular weight excluding hydrogens is 316 g/mol. The van der Waals surface area contributed by atoms with Gasteiger partial charge in [0.15, 0.2) is 0 Å². The molecule has 2 rings (SSSR count). The minimum atomic E-state index is -0.368. The third-order valence-corrected chi connectivity index (χ3v) is 3.15. The maximum absolute atomic E-state index is 10.9. The third kappa shape index (κ3) is 5.27. The van der Waals surface area contributed by atoms with Crippen molar-refractivity contribution in [2.24, 2.45) is 0 Å². The summed E-state index contributed by atoms with van der Waals surface area (Å²) >= 11 is 6.29. The Morgan fingerprint density at radius 2 is 1.26 bits per heavy atom. The van der Waals surface area contributed by atoms with Gasteiger partial charge in [-0.05, 0) is 53.6 Å². The van der Waals surface area contributed by atoms with Gasteiger partial charge in [-0.2, -0.15) is 0 Å². The van der Waals surface area contributed by atoms with Crippen molar-refractivity contribution in [3.8, 4) is 11.5 Å². The minimum Gasteiger partial charge on any atom is -0.427 e. The van der Waals surface area contributed by atoms with Crippen LogP contribution in [0, 0.1) is 0 Å². The zero-order chi connectivity index (χ0) is 16.8. The summed E-state index contributed by atoms with van der Waals surface area (Å²) in [5, 5.41) is 0.541. The SMILES string of the molecule is CC(=O)Oc1ccc(C=C(Cl)c2ccc(OC(C)=O)cc2)cc1. The molecule has 0 fully saturated rings. The Kier molecular flexibility index (Phi) is 5.55. The molecular formula is C18H15ClO4. The van der Waals surface area contributed by atoms with E-state index >= 15 is 0 Å². The van der Waals surface area contributed by atoms with E-state index in [1.54, 1.807) is 54.6 Å². The molecule has 0 N–H and O–H groups in total. The number of rotatable bonds is 4. The molecule has 0 bridgehead atoms. The number of halogens is 1. The van der Waals surface area contributed by atoms with Crippen molar-refractivity contribution in [1.29, 1.82) is 0 Å². The Morgan fingerprint density at radius 1 is 0.826 bits per heavy atom. The van der Waals surface area contributed by atoms with Crippen molar-refractivity contribution in [3.05, 3.63) is 59.7 Å². The molecule has 0 unspecified atom stereocenters. The predicted molar refractivity (Wildman–Crippen MR) is 89.2 cm³/mol. The molecule has 0 aromatic heterocycles. The van der Waals surface area contributed by atoms with Crippen molar-refractivity contribution in [2.45, 2.75) is 13.8 Å². The van der Waals surface area contributed by atoms with Crippen LogP contribution < -0.4 is 9.47 Å². The second kappa shape index (κ2) is 7.61. The van der Waals surface area contributed by atoms with Crippen molar-refractivity contribution in [3.63, 3.8) is 0 Å². The quantitative estimate of drug-likeness (QED) is 0.477. The van der Waals surface area contributed by atoms with Crippen LogP contribution in [0.1, 0.15) is 25.0 Å². The zero-order valence-electron chi connectivity index (χ0n) is 12.7. The molecule has 0 saturated heterocycles. The van der Waals surface area contributed by atoms with Crippen LogP contribution in [0.2, 0.25) is 0 Å². The fourth-order valence-corrected chi connectivity index (χ4v) is 2.13. The first-order valence-corrected chi connectivity index (χ1v) is 7.26. The summed E-state index contributed by atoms with van der Waals surface area (Å²) in [6.45, 7) is 2.70.